The van der Waals surface area contributed by atoms with E-state index in [0.717, 1.165) is 35.4 Å². The fourth-order valence-corrected chi connectivity index (χ4v) is 3.78. The smallest absolute Gasteiger partial charge is 0.141 e. The van der Waals surface area contributed by atoms with E-state index in [-0.39, 0.29) is 0 Å². The molecule has 4 aromatic rings. The van der Waals surface area contributed by atoms with Crippen LogP contribution >= 0.6 is 11.3 Å². The number of rotatable bonds is 8. The number of nitrogens with zero attached hydrogens (tertiary/aromatic N) is 4. The number of thiazole rings is 1. The quantitative estimate of drug-likeness (QED) is 0.397. The SMILES string of the molecule is CC(C)N(Cc1ccccc1)Cc1ccc(Nc2cccc(-c3nccs3)n2)nc1. The molecule has 5 nitrogen and oxygen atoms in total. The molecule has 1 aromatic carbocycles. The van der Waals surface area contributed by atoms with Gasteiger partial charge in [0.25, 0.3) is 0 Å². The Bertz CT molecular complexity index is 1050. The first kappa shape index (κ1) is 20.2. The molecule has 30 heavy (non-hydrogen) atoms. The highest BCUT2D eigenvalue weighted by Crippen LogP contribution is 2.22. The second-order valence-electron chi connectivity index (χ2n) is 7.41. The summed E-state index contributed by atoms with van der Waals surface area (Å²) in [6.45, 7) is 6.24. The van der Waals surface area contributed by atoms with Gasteiger partial charge in [0.2, 0.25) is 0 Å². The molecule has 3 heterocycles. The van der Waals surface area contributed by atoms with Crippen LogP contribution in [0.25, 0.3) is 10.7 Å². The maximum absolute atomic E-state index is 4.64. The normalized spacial score (nSPS) is 11.2. The van der Waals surface area contributed by atoms with Crippen LogP contribution in [0.4, 0.5) is 11.6 Å². The summed E-state index contributed by atoms with van der Waals surface area (Å²) >= 11 is 1.58. The van der Waals surface area contributed by atoms with Gasteiger partial charge in [-0.2, -0.15) is 0 Å². The van der Waals surface area contributed by atoms with Crippen LogP contribution in [0.2, 0.25) is 0 Å². The van der Waals surface area contributed by atoms with Gasteiger partial charge in [-0.3, -0.25) is 4.90 Å². The molecule has 0 aliphatic heterocycles. The minimum Gasteiger partial charge on any atom is -0.325 e. The lowest BCUT2D eigenvalue weighted by Crippen LogP contribution is -2.29. The van der Waals surface area contributed by atoms with Crippen molar-refractivity contribution >= 4 is 23.0 Å². The zero-order valence-corrected chi connectivity index (χ0v) is 18.0. The average Bonchev–Trinajstić information content (AvgIpc) is 3.31. The van der Waals surface area contributed by atoms with Crippen LogP contribution in [0.1, 0.15) is 25.0 Å². The van der Waals surface area contributed by atoms with Crippen LogP contribution in [0.5, 0.6) is 0 Å². The summed E-state index contributed by atoms with van der Waals surface area (Å²) in [6, 6.07) is 21.0. The Morgan fingerprint density at radius 2 is 1.70 bits per heavy atom. The van der Waals surface area contributed by atoms with Crippen LogP contribution in [-0.2, 0) is 13.1 Å². The van der Waals surface area contributed by atoms with Gasteiger partial charge in [-0.15, -0.1) is 11.3 Å². The predicted octanol–water partition coefficient (Wildman–Crippen LogP) is 5.75. The molecule has 4 rings (SSSR count). The molecule has 0 amide bonds. The monoisotopic (exact) mass is 415 g/mol. The van der Waals surface area contributed by atoms with Crippen molar-refractivity contribution in [3.05, 3.63) is 89.6 Å². The van der Waals surface area contributed by atoms with Gasteiger partial charge in [-0.25, -0.2) is 15.0 Å². The second-order valence-corrected chi connectivity index (χ2v) is 8.30. The number of hydrogen-bond acceptors (Lipinski definition) is 6. The van der Waals surface area contributed by atoms with Crippen molar-refractivity contribution in [2.24, 2.45) is 0 Å². The highest BCUT2D eigenvalue weighted by Gasteiger charge is 2.11. The number of aromatic nitrogens is 3. The standard InChI is InChI=1S/C24H25N5S/c1-18(2)29(16-19-7-4-3-5-8-19)17-20-11-12-22(26-15-20)28-23-10-6-9-21(27-23)24-25-13-14-30-24/h3-15,18H,16-17H2,1-2H3,(H,26,27,28). The van der Waals surface area contributed by atoms with E-state index in [1.165, 1.54) is 11.1 Å². The second kappa shape index (κ2) is 9.61. The molecule has 0 spiro atoms. The van der Waals surface area contributed by atoms with Gasteiger partial charge in [-0.05, 0) is 43.2 Å². The van der Waals surface area contributed by atoms with Gasteiger partial charge in [0.15, 0.2) is 0 Å². The third kappa shape index (κ3) is 5.28. The Kier molecular flexibility index (Phi) is 6.47. The number of benzene rings is 1. The maximum Gasteiger partial charge on any atom is 0.141 e. The van der Waals surface area contributed by atoms with Crippen LogP contribution in [0.3, 0.4) is 0 Å². The molecule has 0 bridgehead atoms. The van der Waals surface area contributed by atoms with Gasteiger partial charge in [0.1, 0.15) is 22.3 Å². The van der Waals surface area contributed by atoms with Gasteiger partial charge >= 0.3 is 0 Å². The Morgan fingerprint density at radius 1 is 0.867 bits per heavy atom. The van der Waals surface area contributed by atoms with E-state index in [2.05, 4.69) is 75.4 Å². The minimum atomic E-state index is 0.445. The summed E-state index contributed by atoms with van der Waals surface area (Å²) in [5.41, 5.74) is 3.37. The number of hydrogen-bond donors (Lipinski definition) is 1. The van der Waals surface area contributed by atoms with E-state index in [9.17, 15) is 0 Å². The summed E-state index contributed by atoms with van der Waals surface area (Å²) in [6.07, 6.45) is 3.73. The largest absolute Gasteiger partial charge is 0.325 e. The summed E-state index contributed by atoms with van der Waals surface area (Å²) in [4.78, 5) is 16.0. The van der Waals surface area contributed by atoms with E-state index in [1.807, 2.05) is 35.8 Å². The first-order valence-corrected chi connectivity index (χ1v) is 10.9. The molecule has 0 fully saturated rings. The molecule has 6 heteroatoms. The van der Waals surface area contributed by atoms with Crippen LogP contribution in [0, 0.1) is 0 Å². The van der Waals surface area contributed by atoms with Gasteiger partial charge in [0, 0.05) is 36.9 Å². The number of pyridine rings is 2. The lowest BCUT2D eigenvalue weighted by molar-refractivity contribution is 0.203. The molecule has 0 unspecified atom stereocenters. The Hall–Kier alpha value is -3.09. The van der Waals surface area contributed by atoms with Crippen LogP contribution in [-0.4, -0.2) is 25.9 Å². The molecule has 152 valence electrons. The van der Waals surface area contributed by atoms with Crippen molar-refractivity contribution in [2.45, 2.75) is 33.0 Å². The Morgan fingerprint density at radius 3 is 2.40 bits per heavy atom. The van der Waals surface area contributed by atoms with Gasteiger partial charge < -0.3 is 5.32 Å². The van der Waals surface area contributed by atoms with Crippen molar-refractivity contribution < 1.29 is 0 Å². The molecular formula is C24H25N5S. The zero-order chi connectivity index (χ0) is 20.8. The zero-order valence-electron chi connectivity index (χ0n) is 17.2. The Labute approximate surface area is 181 Å². The molecule has 0 aliphatic rings. The van der Waals surface area contributed by atoms with Crippen LogP contribution in [0.15, 0.2) is 78.4 Å². The summed E-state index contributed by atoms with van der Waals surface area (Å²) in [5, 5.41) is 6.16. The minimum absolute atomic E-state index is 0.445. The van der Waals surface area contributed by atoms with E-state index in [1.54, 1.807) is 17.5 Å². The highest BCUT2D eigenvalue weighted by atomic mass is 32.1. The average molecular weight is 416 g/mol. The summed E-state index contributed by atoms with van der Waals surface area (Å²) in [7, 11) is 0. The molecule has 0 saturated carbocycles. The van der Waals surface area contributed by atoms with E-state index in [0.29, 0.717) is 6.04 Å². The van der Waals surface area contributed by atoms with Crippen molar-refractivity contribution in [3.8, 4) is 10.7 Å². The molecule has 0 saturated heterocycles. The fraction of sp³-hybridized carbons (Fsp3) is 0.208. The van der Waals surface area contributed by atoms with Crippen molar-refractivity contribution in [1.82, 2.24) is 19.9 Å². The van der Waals surface area contributed by atoms with Crippen LogP contribution < -0.4 is 5.32 Å². The third-order valence-electron chi connectivity index (χ3n) is 4.83. The van der Waals surface area contributed by atoms with E-state index < -0.39 is 0 Å². The van der Waals surface area contributed by atoms with E-state index >= 15 is 0 Å². The summed E-state index contributed by atoms with van der Waals surface area (Å²) in [5.74, 6) is 1.54. The highest BCUT2D eigenvalue weighted by molar-refractivity contribution is 7.13. The van der Waals surface area contributed by atoms with Crippen molar-refractivity contribution in [2.75, 3.05) is 5.32 Å². The summed E-state index contributed by atoms with van der Waals surface area (Å²) < 4.78 is 0. The lowest BCUT2D eigenvalue weighted by Gasteiger charge is -2.26. The lowest BCUT2D eigenvalue weighted by atomic mass is 10.1. The Balaban J connectivity index is 1.42. The molecule has 0 radical (unpaired) electrons. The molecular weight excluding hydrogens is 390 g/mol. The molecule has 1 N–H and O–H groups in total. The number of anilines is 2. The van der Waals surface area contributed by atoms with Gasteiger partial charge in [0.05, 0.1) is 0 Å². The van der Waals surface area contributed by atoms with Crippen molar-refractivity contribution in [1.29, 1.82) is 0 Å². The number of nitrogens with one attached hydrogen (secondary N) is 1. The molecule has 0 aliphatic carbocycles. The first-order valence-electron chi connectivity index (χ1n) is 10.0. The first-order chi connectivity index (χ1) is 14.7. The van der Waals surface area contributed by atoms with Crippen molar-refractivity contribution in [3.63, 3.8) is 0 Å². The molecule has 0 atom stereocenters. The third-order valence-corrected chi connectivity index (χ3v) is 5.62. The maximum atomic E-state index is 4.64. The topological polar surface area (TPSA) is 53.9 Å². The fourth-order valence-electron chi connectivity index (χ4n) is 3.17. The molecule has 3 aromatic heterocycles. The van der Waals surface area contributed by atoms with E-state index in [4.69, 9.17) is 0 Å². The predicted molar refractivity (Wildman–Crippen MR) is 124 cm³/mol. The van der Waals surface area contributed by atoms with Gasteiger partial charge in [-0.1, -0.05) is 42.5 Å².